The minimum Gasteiger partial charge on any atom is -0.507 e. The average molecular weight is 577 g/mol. The van der Waals surface area contributed by atoms with E-state index in [2.05, 4.69) is 0 Å². The molecule has 0 atom stereocenters. The van der Waals surface area contributed by atoms with E-state index in [4.69, 9.17) is 8.83 Å². The number of hydrogen-bond acceptors (Lipinski definition) is 11. The standard InChI is InChI=1S/C30H24O12/c31-20-8-3-15(11-22(20)33)1-5-17-13-24(35)27(29(39)41-17)19(7-10-26(37)38)28-25(36)14-18(42-30(28)40)6-2-16-4-9-21(32)23(34)12-16/h1-6,8-9,11-14,19,31-36H,7,10H2,(H,37,38). The van der Waals surface area contributed by atoms with Gasteiger partial charge in [-0.15, -0.1) is 0 Å². The zero-order chi connectivity index (χ0) is 30.6. The van der Waals surface area contributed by atoms with Crippen molar-refractivity contribution in [2.75, 3.05) is 0 Å². The van der Waals surface area contributed by atoms with E-state index in [1.54, 1.807) is 0 Å². The van der Waals surface area contributed by atoms with Crippen LogP contribution in [0.5, 0.6) is 34.5 Å². The Labute approximate surface area is 236 Å². The van der Waals surface area contributed by atoms with Gasteiger partial charge in [-0.05, 0) is 54.0 Å². The van der Waals surface area contributed by atoms with Crippen LogP contribution in [0.2, 0.25) is 0 Å². The molecule has 0 saturated heterocycles. The van der Waals surface area contributed by atoms with E-state index in [0.29, 0.717) is 11.1 Å². The van der Waals surface area contributed by atoms with Gasteiger partial charge in [0.05, 0.1) is 11.1 Å². The second-order valence-corrected chi connectivity index (χ2v) is 9.12. The van der Waals surface area contributed by atoms with Gasteiger partial charge in [-0.3, -0.25) is 4.79 Å². The van der Waals surface area contributed by atoms with Crippen molar-refractivity contribution >= 4 is 30.3 Å². The first kappa shape index (κ1) is 29.1. The van der Waals surface area contributed by atoms with Crippen LogP contribution in [0, 0.1) is 0 Å². The Morgan fingerprint density at radius 1 is 0.619 bits per heavy atom. The molecule has 0 saturated carbocycles. The highest BCUT2D eigenvalue weighted by molar-refractivity contribution is 5.71. The molecule has 2 aromatic carbocycles. The van der Waals surface area contributed by atoms with Gasteiger partial charge in [0, 0.05) is 24.5 Å². The number of carboxylic acid groups (broad SMARTS) is 1. The highest BCUT2D eigenvalue weighted by atomic mass is 16.4. The monoisotopic (exact) mass is 576 g/mol. The Morgan fingerprint density at radius 3 is 1.40 bits per heavy atom. The number of phenolic OH excluding ortho intramolecular Hbond substituents is 4. The fourth-order valence-corrected chi connectivity index (χ4v) is 4.17. The first-order chi connectivity index (χ1) is 19.9. The molecule has 7 N–H and O–H groups in total. The van der Waals surface area contributed by atoms with Crippen LogP contribution in [0.1, 0.15) is 52.5 Å². The van der Waals surface area contributed by atoms with Crippen LogP contribution in [0.4, 0.5) is 0 Å². The summed E-state index contributed by atoms with van der Waals surface area (Å²) < 4.78 is 10.5. The predicted octanol–water partition coefficient (Wildman–Crippen LogP) is 4.16. The lowest BCUT2D eigenvalue weighted by molar-refractivity contribution is -0.137. The summed E-state index contributed by atoms with van der Waals surface area (Å²) in [6, 6.07) is 10.0. The zero-order valence-corrected chi connectivity index (χ0v) is 21.6. The van der Waals surface area contributed by atoms with E-state index in [9.17, 15) is 50.1 Å². The third-order valence-corrected chi connectivity index (χ3v) is 6.19. The fraction of sp³-hybridized carbons (Fsp3) is 0.100. The fourth-order valence-electron chi connectivity index (χ4n) is 4.17. The molecule has 0 spiro atoms. The van der Waals surface area contributed by atoms with Gasteiger partial charge in [0.25, 0.3) is 0 Å². The minimum atomic E-state index is -1.42. The van der Waals surface area contributed by atoms with E-state index in [1.807, 2.05) is 0 Å². The summed E-state index contributed by atoms with van der Waals surface area (Å²) in [5.41, 5.74) is -2.30. The Hall–Kier alpha value is -5.91. The van der Waals surface area contributed by atoms with Crippen molar-refractivity contribution in [3.63, 3.8) is 0 Å². The van der Waals surface area contributed by atoms with Crippen LogP contribution in [0.15, 0.2) is 67.0 Å². The van der Waals surface area contributed by atoms with Crippen molar-refractivity contribution < 1.29 is 49.4 Å². The molecule has 4 aromatic rings. The molecule has 2 aromatic heterocycles. The van der Waals surface area contributed by atoms with Crippen LogP contribution in [0.3, 0.4) is 0 Å². The Kier molecular flexibility index (Phi) is 8.37. The van der Waals surface area contributed by atoms with E-state index in [0.717, 1.165) is 12.1 Å². The molecular weight excluding hydrogens is 552 g/mol. The smallest absolute Gasteiger partial charge is 0.343 e. The van der Waals surface area contributed by atoms with Gasteiger partial charge in [0.15, 0.2) is 23.0 Å². The maximum atomic E-state index is 13.0. The van der Waals surface area contributed by atoms with E-state index >= 15 is 0 Å². The van der Waals surface area contributed by atoms with Gasteiger partial charge in [-0.2, -0.15) is 0 Å². The zero-order valence-electron chi connectivity index (χ0n) is 21.6. The Morgan fingerprint density at radius 2 is 1.05 bits per heavy atom. The van der Waals surface area contributed by atoms with Gasteiger partial charge in [0.1, 0.15) is 23.0 Å². The minimum absolute atomic E-state index is 0.122. The molecule has 0 amide bonds. The van der Waals surface area contributed by atoms with Crippen molar-refractivity contribution in [1.29, 1.82) is 0 Å². The third kappa shape index (κ3) is 6.62. The number of carbonyl (C=O) groups is 1. The molecule has 216 valence electrons. The maximum Gasteiger partial charge on any atom is 0.343 e. The summed E-state index contributed by atoms with van der Waals surface area (Å²) in [6.07, 6.45) is 4.51. The Balaban J connectivity index is 1.71. The normalized spacial score (nSPS) is 12.2. The first-order valence-corrected chi connectivity index (χ1v) is 12.3. The maximum absolute atomic E-state index is 13.0. The largest absolute Gasteiger partial charge is 0.507 e. The SMILES string of the molecule is O=C(O)CCC(c1c(O)cc(C=Cc2ccc(O)c(O)c2)oc1=O)c1c(O)cc(C=Cc2ccc(O)c(O)c2)oc1=O. The summed E-state index contributed by atoms with van der Waals surface area (Å²) in [4.78, 5) is 37.3. The summed E-state index contributed by atoms with van der Waals surface area (Å²) >= 11 is 0. The molecule has 12 nitrogen and oxygen atoms in total. The van der Waals surface area contributed by atoms with Crippen molar-refractivity contribution in [2.24, 2.45) is 0 Å². The highest BCUT2D eigenvalue weighted by Gasteiger charge is 2.30. The summed E-state index contributed by atoms with van der Waals surface area (Å²) in [7, 11) is 0. The summed E-state index contributed by atoms with van der Waals surface area (Å²) in [5, 5.41) is 68.9. The first-order valence-electron chi connectivity index (χ1n) is 12.3. The molecule has 0 aliphatic heterocycles. The lowest BCUT2D eigenvalue weighted by atomic mass is 9.88. The molecule has 0 fully saturated rings. The summed E-state index contributed by atoms with van der Waals surface area (Å²) in [6.45, 7) is 0. The molecular formula is C30H24O12. The molecule has 12 heteroatoms. The van der Waals surface area contributed by atoms with E-state index < -0.39 is 52.2 Å². The summed E-state index contributed by atoms with van der Waals surface area (Å²) in [5.74, 6) is -5.62. The highest BCUT2D eigenvalue weighted by Crippen LogP contribution is 2.36. The third-order valence-electron chi connectivity index (χ3n) is 6.19. The number of benzene rings is 2. The molecule has 0 unspecified atom stereocenters. The predicted molar refractivity (Wildman–Crippen MR) is 149 cm³/mol. The number of aliphatic carboxylic acids is 1. The molecule has 0 aliphatic rings. The van der Waals surface area contributed by atoms with E-state index in [1.165, 1.54) is 60.7 Å². The van der Waals surface area contributed by atoms with Crippen molar-refractivity contribution in [3.05, 3.63) is 103 Å². The topological polar surface area (TPSA) is 219 Å². The van der Waals surface area contributed by atoms with Crippen molar-refractivity contribution in [1.82, 2.24) is 0 Å². The van der Waals surface area contributed by atoms with Gasteiger partial charge >= 0.3 is 17.2 Å². The number of hydrogen-bond donors (Lipinski definition) is 7. The van der Waals surface area contributed by atoms with Gasteiger partial charge in [0.2, 0.25) is 0 Å². The van der Waals surface area contributed by atoms with Crippen LogP contribution < -0.4 is 11.3 Å². The second kappa shape index (κ2) is 12.1. The van der Waals surface area contributed by atoms with E-state index in [-0.39, 0.29) is 40.9 Å². The quantitative estimate of drug-likeness (QED) is 0.140. The number of aromatic hydroxyl groups is 6. The molecule has 0 radical (unpaired) electrons. The van der Waals surface area contributed by atoms with Crippen LogP contribution in [0.25, 0.3) is 24.3 Å². The van der Waals surface area contributed by atoms with Crippen molar-refractivity contribution in [2.45, 2.75) is 18.8 Å². The van der Waals surface area contributed by atoms with Gasteiger partial charge < -0.3 is 44.6 Å². The van der Waals surface area contributed by atoms with Gasteiger partial charge in [-0.25, -0.2) is 9.59 Å². The van der Waals surface area contributed by atoms with Crippen LogP contribution in [-0.2, 0) is 4.79 Å². The Bertz CT molecular complexity index is 1700. The average Bonchev–Trinajstić information content (AvgIpc) is 2.92. The van der Waals surface area contributed by atoms with Crippen molar-refractivity contribution in [3.8, 4) is 34.5 Å². The lowest BCUT2D eigenvalue weighted by Crippen LogP contribution is -2.21. The lowest BCUT2D eigenvalue weighted by Gasteiger charge is -2.17. The number of rotatable bonds is 9. The van der Waals surface area contributed by atoms with Crippen LogP contribution >= 0.6 is 0 Å². The van der Waals surface area contributed by atoms with Gasteiger partial charge in [-0.1, -0.05) is 24.3 Å². The molecule has 42 heavy (non-hydrogen) atoms. The molecule has 2 heterocycles. The molecule has 0 bridgehead atoms. The second-order valence-electron chi connectivity index (χ2n) is 9.12. The van der Waals surface area contributed by atoms with Crippen LogP contribution in [-0.4, -0.2) is 41.7 Å². The molecule has 0 aliphatic carbocycles. The number of carboxylic acids is 1. The number of phenols is 4. The molecule has 4 rings (SSSR count).